The number of aromatic nitrogens is 3. The molecule has 0 saturated carbocycles. The predicted octanol–water partition coefficient (Wildman–Crippen LogP) is 4.46. The minimum atomic E-state index is -1.06. The zero-order valence-electron chi connectivity index (χ0n) is 14.7. The van der Waals surface area contributed by atoms with E-state index in [9.17, 15) is 0 Å². The Labute approximate surface area is 144 Å². The van der Waals surface area contributed by atoms with Crippen LogP contribution in [0.25, 0.3) is 11.0 Å². The summed E-state index contributed by atoms with van der Waals surface area (Å²) in [4.78, 5) is 8.67. The molecule has 23 heavy (non-hydrogen) atoms. The minimum Gasteiger partial charge on any atom is -0.369 e. The lowest BCUT2D eigenvalue weighted by Crippen LogP contribution is -2.22. The number of halogens is 1. The van der Waals surface area contributed by atoms with Crippen molar-refractivity contribution in [3.8, 4) is 0 Å². The molecule has 2 heterocycles. The first-order valence-electron chi connectivity index (χ1n) is 8.10. The lowest BCUT2D eigenvalue weighted by Gasteiger charge is -2.15. The van der Waals surface area contributed by atoms with Crippen molar-refractivity contribution in [2.45, 2.75) is 46.3 Å². The summed E-state index contributed by atoms with van der Waals surface area (Å²) in [6.45, 7) is 13.5. The number of hydrogen-bond donors (Lipinski definition) is 1. The van der Waals surface area contributed by atoms with Crippen LogP contribution < -0.4 is 5.32 Å². The van der Waals surface area contributed by atoms with Crippen LogP contribution in [-0.2, 0) is 11.5 Å². The first kappa shape index (κ1) is 18.2. The molecule has 0 aliphatic rings. The van der Waals surface area contributed by atoms with Crippen molar-refractivity contribution in [2.24, 2.45) is 5.92 Å². The summed E-state index contributed by atoms with van der Waals surface area (Å²) in [5.74, 6) is 1.32. The highest BCUT2D eigenvalue weighted by atomic mass is 35.5. The molecule has 1 N–H and O–H groups in total. The Balaban J connectivity index is 2.10. The van der Waals surface area contributed by atoms with E-state index in [4.69, 9.17) is 16.3 Å². The molecule has 0 radical (unpaired) electrons. The van der Waals surface area contributed by atoms with Crippen LogP contribution >= 0.6 is 11.6 Å². The van der Waals surface area contributed by atoms with Gasteiger partial charge in [-0.2, -0.15) is 4.98 Å². The van der Waals surface area contributed by atoms with Crippen LogP contribution in [0.5, 0.6) is 0 Å². The zero-order chi connectivity index (χ0) is 17.0. The topological polar surface area (TPSA) is 52.0 Å². The van der Waals surface area contributed by atoms with Gasteiger partial charge in [-0.3, -0.25) is 0 Å². The van der Waals surface area contributed by atoms with E-state index in [0.29, 0.717) is 12.6 Å². The van der Waals surface area contributed by atoms with Crippen molar-refractivity contribution in [3.63, 3.8) is 0 Å². The van der Waals surface area contributed by atoms with E-state index < -0.39 is 8.07 Å². The molecule has 0 spiro atoms. The van der Waals surface area contributed by atoms with E-state index in [1.807, 2.05) is 16.8 Å². The molecular weight excluding hydrogens is 328 g/mol. The van der Waals surface area contributed by atoms with Gasteiger partial charge >= 0.3 is 0 Å². The largest absolute Gasteiger partial charge is 0.369 e. The Morgan fingerprint density at radius 1 is 1.30 bits per heavy atom. The first-order chi connectivity index (χ1) is 10.8. The molecule has 128 valence electrons. The fourth-order valence-corrected chi connectivity index (χ4v) is 3.04. The summed E-state index contributed by atoms with van der Waals surface area (Å²) in [6.07, 6.45) is 1.98. The number of anilines is 1. The SMILES string of the molecule is CC(C)CNc1nc(Cl)nc2c1ccn2COCC[Si](C)(C)C. The second-order valence-corrected chi connectivity index (χ2v) is 13.4. The third-order valence-corrected chi connectivity index (χ3v) is 5.37. The molecule has 2 aromatic heterocycles. The van der Waals surface area contributed by atoms with Crippen molar-refractivity contribution >= 4 is 36.5 Å². The van der Waals surface area contributed by atoms with Gasteiger partial charge in [-0.1, -0.05) is 33.5 Å². The van der Waals surface area contributed by atoms with Crippen molar-refractivity contribution in [2.75, 3.05) is 18.5 Å². The standard InChI is InChI=1S/C16H27ClN4OSi/c1-12(2)10-18-14-13-6-7-21(15(13)20-16(17)19-14)11-22-8-9-23(3,4)5/h6-7,12H,8-11H2,1-5H3,(H,18,19,20). The Hall–Kier alpha value is -1.11. The lowest BCUT2D eigenvalue weighted by atomic mass is 10.2. The molecule has 0 amide bonds. The second-order valence-electron chi connectivity index (χ2n) is 7.49. The maximum Gasteiger partial charge on any atom is 0.226 e. The second kappa shape index (κ2) is 7.64. The summed E-state index contributed by atoms with van der Waals surface area (Å²) < 4.78 is 7.79. The van der Waals surface area contributed by atoms with E-state index in [-0.39, 0.29) is 5.28 Å². The number of ether oxygens (including phenoxy) is 1. The van der Waals surface area contributed by atoms with Crippen LogP contribution in [0.3, 0.4) is 0 Å². The fourth-order valence-electron chi connectivity index (χ4n) is 2.12. The number of rotatable bonds is 8. The first-order valence-corrected chi connectivity index (χ1v) is 12.2. The predicted molar refractivity (Wildman–Crippen MR) is 100.0 cm³/mol. The molecule has 0 atom stereocenters. The summed E-state index contributed by atoms with van der Waals surface area (Å²) in [5, 5.41) is 4.58. The van der Waals surface area contributed by atoms with Crippen LogP contribution in [-0.4, -0.2) is 35.8 Å². The number of hydrogen-bond acceptors (Lipinski definition) is 4. The quantitative estimate of drug-likeness (QED) is 0.432. The summed E-state index contributed by atoms with van der Waals surface area (Å²) in [5.41, 5.74) is 0.809. The van der Waals surface area contributed by atoms with Gasteiger partial charge in [-0.25, -0.2) is 4.98 Å². The molecule has 0 aliphatic carbocycles. The van der Waals surface area contributed by atoms with Crippen LogP contribution in [0.2, 0.25) is 31.0 Å². The minimum absolute atomic E-state index is 0.255. The molecule has 0 unspecified atom stereocenters. The Morgan fingerprint density at radius 2 is 2.04 bits per heavy atom. The Morgan fingerprint density at radius 3 is 2.70 bits per heavy atom. The van der Waals surface area contributed by atoms with Gasteiger partial charge in [0.15, 0.2) is 0 Å². The molecule has 7 heteroatoms. The van der Waals surface area contributed by atoms with Gasteiger partial charge in [0.1, 0.15) is 18.2 Å². The molecule has 0 aliphatic heterocycles. The number of nitrogens with one attached hydrogen (secondary N) is 1. The van der Waals surface area contributed by atoms with E-state index in [0.717, 1.165) is 36.0 Å². The molecule has 2 rings (SSSR count). The van der Waals surface area contributed by atoms with E-state index >= 15 is 0 Å². The smallest absolute Gasteiger partial charge is 0.226 e. The van der Waals surface area contributed by atoms with Gasteiger partial charge in [0.25, 0.3) is 0 Å². The highest BCUT2D eigenvalue weighted by Crippen LogP contribution is 2.23. The van der Waals surface area contributed by atoms with Crippen molar-refractivity contribution in [1.82, 2.24) is 14.5 Å². The Kier molecular flexibility index (Phi) is 6.05. The Bertz CT molecular complexity index is 651. The van der Waals surface area contributed by atoms with E-state index in [1.54, 1.807) is 0 Å². The maximum absolute atomic E-state index is 6.08. The molecule has 0 saturated heterocycles. The van der Waals surface area contributed by atoms with Gasteiger partial charge in [-0.15, -0.1) is 0 Å². The monoisotopic (exact) mass is 354 g/mol. The van der Waals surface area contributed by atoms with E-state index in [2.05, 4.69) is 48.8 Å². The molecule has 2 aromatic rings. The normalized spacial score (nSPS) is 12.3. The molecule has 0 aromatic carbocycles. The molecular formula is C16H27ClN4OSi. The molecule has 0 bridgehead atoms. The van der Waals surface area contributed by atoms with Gasteiger partial charge in [0.2, 0.25) is 5.28 Å². The van der Waals surface area contributed by atoms with Crippen LogP contribution in [0.1, 0.15) is 13.8 Å². The number of nitrogens with zero attached hydrogens (tertiary/aromatic N) is 3. The van der Waals surface area contributed by atoms with Crippen LogP contribution in [0.4, 0.5) is 5.82 Å². The average molecular weight is 355 g/mol. The van der Waals surface area contributed by atoms with Crippen molar-refractivity contribution < 1.29 is 4.74 Å². The third kappa shape index (κ3) is 5.48. The molecule has 5 nitrogen and oxygen atoms in total. The van der Waals surface area contributed by atoms with Gasteiger partial charge < -0.3 is 14.6 Å². The third-order valence-electron chi connectivity index (χ3n) is 3.50. The van der Waals surface area contributed by atoms with E-state index in [1.165, 1.54) is 0 Å². The van der Waals surface area contributed by atoms with Gasteiger partial charge in [0.05, 0.1) is 5.39 Å². The highest BCUT2D eigenvalue weighted by molar-refractivity contribution is 6.76. The lowest BCUT2D eigenvalue weighted by molar-refractivity contribution is 0.0899. The van der Waals surface area contributed by atoms with Crippen molar-refractivity contribution in [3.05, 3.63) is 17.5 Å². The summed E-state index contributed by atoms with van der Waals surface area (Å²) in [7, 11) is -1.06. The average Bonchev–Trinajstić information content (AvgIpc) is 2.83. The maximum atomic E-state index is 6.08. The summed E-state index contributed by atoms with van der Waals surface area (Å²) in [6, 6.07) is 3.17. The number of fused-ring (bicyclic) bond motifs is 1. The fraction of sp³-hybridized carbons (Fsp3) is 0.625. The van der Waals surface area contributed by atoms with Gasteiger partial charge in [-0.05, 0) is 29.6 Å². The summed E-state index contributed by atoms with van der Waals surface area (Å²) >= 11 is 6.08. The van der Waals surface area contributed by atoms with Crippen molar-refractivity contribution in [1.29, 1.82) is 0 Å². The zero-order valence-corrected chi connectivity index (χ0v) is 16.4. The van der Waals surface area contributed by atoms with Gasteiger partial charge in [0, 0.05) is 27.4 Å². The van der Waals surface area contributed by atoms with Crippen LogP contribution in [0, 0.1) is 5.92 Å². The molecule has 0 fully saturated rings. The highest BCUT2D eigenvalue weighted by Gasteiger charge is 2.13. The van der Waals surface area contributed by atoms with Crippen LogP contribution in [0.15, 0.2) is 12.3 Å².